The maximum atomic E-state index is 2.71. The Balaban J connectivity index is 1.83. The highest BCUT2D eigenvalue weighted by Crippen LogP contribution is 2.44. The van der Waals surface area contributed by atoms with Gasteiger partial charge in [-0.15, -0.1) is 0 Å². The zero-order valence-corrected chi connectivity index (χ0v) is 16.8. The second kappa shape index (κ2) is 7.85. The molecule has 0 bridgehead atoms. The van der Waals surface area contributed by atoms with Gasteiger partial charge in [0.1, 0.15) is 0 Å². The van der Waals surface area contributed by atoms with Crippen LogP contribution < -0.4 is 0 Å². The molecule has 144 valence electrons. The Labute approximate surface area is 173 Å². The van der Waals surface area contributed by atoms with Gasteiger partial charge in [0.15, 0.2) is 0 Å². The number of likely N-dealkylation sites (tertiary alicyclic amines) is 1. The van der Waals surface area contributed by atoms with Crippen LogP contribution >= 0.6 is 0 Å². The van der Waals surface area contributed by atoms with Crippen LogP contribution in [-0.2, 0) is 5.54 Å². The Morgan fingerprint density at radius 1 is 0.483 bits per heavy atom. The van der Waals surface area contributed by atoms with Crippen molar-refractivity contribution in [2.75, 3.05) is 13.1 Å². The number of piperidine rings is 1. The molecule has 0 aromatic heterocycles. The number of rotatable bonds is 4. The van der Waals surface area contributed by atoms with Gasteiger partial charge < -0.3 is 0 Å². The SMILES string of the molecule is c1ccc(C(c2ccccc2)(c2ccc3ccccc3c2)N2CCCCC2)cc1. The molecule has 0 radical (unpaired) electrons. The molecule has 0 amide bonds. The van der Waals surface area contributed by atoms with Crippen molar-refractivity contribution >= 4 is 10.8 Å². The number of nitrogens with zero attached hydrogens (tertiary/aromatic N) is 1. The van der Waals surface area contributed by atoms with E-state index in [1.165, 1.54) is 46.7 Å². The standard InChI is InChI=1S/C28H27N/c1-4-14-25(15-5-1)28(26-16-6-2-7-17-26,29-20-10-3-11-21-29)27-19-18-23-12-8-9-13-24(23)22-27/h1-2,4-9,12-19,22H,3,10-11,20-21H2. The van der Waals surface area contributed by atoms with Crippen LogP contribution in [-0.4, -0.2) is 18.0 Å². The Bertz CT molecular complexity index is 1040. The first-order chi connectivity index (χ1) is 14.4. The summed E-state index contributed by atoms with van der Waals surface area (Å²) in [5.41, 5.74) is 3.79. The Morgan fingerprint density at radius 3 is 1.66 bits per heavy atom. The van der Waals surface area contributed by atoms with E-state index in [-0.39, 0.29) is 5.54 Å². The fourth-order valence-corrected chi connectivity index (χ4v) is 5.05. The van der Waals surface area contributed by atoms with Crippen LogP contribution in [0.5, 0.6) is 0 Å². The van der Waals surface area contributed by atoms with E-state index in [9.17, 15) is 0 Å². The molecular weight excluding hydrogens is 350 g/mol. The molecule has 0 atom stereocenters. The molecule has 4 aromatic rings. The average molecular weight is 378 g/mol. The first-order valence-corrected chi connectivity index (χ1v) is 10.7. The predicted molar refractivity (Wildman–Crippen MR) is 122 cm³/mol. The van der Waals surface area contributed by atoms with E-state index >= 15 is 0 Å². The zero-order chi connectivity index (χ0) is 19.5. The van der Waals surface area contributed by atoms with Gasteiger partial charge >= 0.3 is 0 Å². The molecule has 4 aromatic carbocycles. The lowest BCUT2D eigenvalue weighted by molar-refractivity contribution is 0.128. The summed E-state index contributed by atoms with van der Waals surface area (Å²) in [4.78, 5) is 2.71. The summed E-state index contributed by atoms with van der Waals surface area (Å²) in [7, 11) is 0. The molecule has 1 fully saturated rings. The topological polar surface area (TPSA) is 3.24 Å². The lowest BCUT2D eigenvalue weighted by atomic mass is 9.74. The molecule has 0 N–H and O–H groups in total. The average Bonchev–Trinajstić information content (AvgIpc) is 2.82. The van der Waals surface area contributed by atoms with Crippen LogP contribution in [0, 0.1) is 0 Å². The van der Waals surface area contributed by atoms with Crippen molar-refractivity contribution in [3.05, 3.63) is 120 Å². The van der Waals surface area contributed by atoms with E-state index < -0.39 is 0 Å². The molecule has 1 heteroatoms. The van der Waals surface area contributed by atoms with Crippen molar-refractivity contribution < 1.29 is 0 Å². The highest BCUT2D eigenvalue weighted by Gasteiger charge is 2.42. The van der Waals surface area contributed by atoms with E-state index in [0.29, 0.717) is 0 Å². The van der Waals surface area contributed by atoms with Crippen molar-refractivity contribution in [2.24, 2.45) is 0 Å². The van der Waals surface area contributed by atoms with E-state index in [1.807, 2.05) is 0 Å². The van der Waals surface area contributed by atoms with Gasteiger partial charge in [0, 0.05) is 0 Å². The fraction of sp³-hybridized carbons (Fsp3) is 0.214. The zero-order valence-electron chi connectivity index (χ0n) is 16.8. The van der Waals surface area contributed by atoms with E-state index in [0.717, 1.165) is 13.1 Å². The summed E-state index contributed by atoms with van der Waals surface area (Å²) >= 11 is 0. The lowest BCUT2D eigenvalue weighted by Crippen LogP contribution is -2.50. The normalized spacial score (nSPS) is 15.4. The van der Waals surface area contributed by atoms with Crippen molar-refractivity contribution in [3.63, 3.8) is 0 Å². The summed E-state index contributed by atoms with van der Waals surface area (Å²) < 4.78 is 0. The molecule has 0 aliphatic carbocycles. The van der Waals surface area contributed by atoms with Gasteiger partial charge in [0.05, 0.1) is 5.54 Å². The van der Waals surface area contributed by atoms with E-state index in [2.05, 4.69) is 108 Å². The molecule has 29 heavy (non-hydrogen) atoms. The second-order valence-electron chi connectivity index (χ2n) is 8.05. The van der Waals surface area contributed by atoms with Gasteiger partial charge in [-0.1, -0.05) is 103 Å². The molecule has 1 nitrogen and oxygen atoms in total. The summed E-state index contributed by atoms with van der Waals surface area (Å²) in [6.07, 6.45) is 3.85. The molecule has 0 unspecified atom stereocenters. The maximum absolute atomic E-state index is 2.71. The van der Waals surface area contributed by atoms with Gasteiger partial charge in [-0.2, -0.15) is 0 Å². The number of hydrogen-bond donors (Lipinski definition) is 0. The molecule has 5 rings (SSSR count). The van der Waals surface area contributed by atoms with Crippen LogP contribution in [0.15, 0.2) is 103 Å². The van der Waals surface area contributed by atoms with Crippen molar-refractivity contribution in [2.45, 2.75) is 24.8 Å². The Morgan fingerprint density at radius 2 is 1.03 bits per heavy atom. The van der Waals surface area contributed by atoms with Crippen LogP contribution in [0.3, 0.4) is 0 Å². The molecule has 1 aliphatic rings. The van der Waals surface area contributed by atoms with Crippen LogP contribution in [0.25, 0.3) is 10.8 Å². The third kappa shape index (κ3) is 3.16. The van der Waals surface area contributed by atoms with Gasteiger partial charge in [-0.3, -0.25) is 4.90 Å². The molecule has 0 spiro atoms. The van der Waals surface area contributed by atoms with Gasteiger partial charge in [-0.25, -0.2) is 0 Å². The van der Waals surface area contributed by atoms with Crippen molar-refractivity contribution in [1.82, 2.24) is 4.90 Å². The predicted octanol–water partition coefficient (Wildman–Crippen LogP) is 6.62. The van der Waals surface area contributed by atoms with Gasteiger partial charge in [-0.05, 0) is 59.5 Å². The first-order valence-electron chi connectivity index (χ1n) is 10.7. The summed E-state index contributed by atoms with van der Waals surface area (Å²) in [5, 5.41) is 2.60. The summed E-state index contributed by atoms with van der Waals surface area (Å²) in [6, 6.07) is 37.9. The van der Waals surface area contributed by atoms with E-state index in [1.54, 1.807) is 0 Å². The van der Waals surface area contributed by atoms with Gasteiger partial charge in [0.25, 0.3) is 0 Å². The maximum Gasteiger partial charge on any atom is 0.0973 e. The lowest BCUT2D eigenvalue weighted by Gasteiger charge is -2.47. The molecule has 0 saturated carbocycles. The molecule has 1 saturated heterocycles. The van der Waals surface area contributed by atoms with Crippen LogP contribution in [0.4, 0.5) is 0 Å². The number of fused-ring (bicyclic) bond motifs is 1. The number of hydrogen-bond acceptors (Lipinski definition) is 1. The minimum absolute atomic E-state index is 0.271. The highest BCUT2D eigenvalue weighted by atomic mass is 15.2. The fourth-order valence-electron chi connectivity index (χ4n) is 5.05. The Hall–Kier alpha value is -2.90. The quantitative estimate of drug-likeness (QED) is 0.361. The first kappa shape index (κ1) is 18.1. The third-order valence-corrected chi connectivity index (χ3v) is 6.38. The van der Waals surface area contributed by atoms with Crippen molar-refractivity contribution in [3.8, 4) is 0 Å². The molecule has 1 heterocycles. The second-order valence-corrected chi connectivity index (χ2v) is 8.05. The smallest absolute Gasteiger partial charge is 0.0973 e. The van der Waals surface area contributed by atoms with Crippen LogP contribution in [0.2, 0.25) is 0 Å². The highest BCUT2D eigenvalue weighted by molar-refractivity contribution is 5.83. The number of benzene rings is 4. The minimum atomic E-state index is -0.271. The van der Waals surface area contributed by atoms with Crippen molar-refractivity contribution in [1.29, 1.82) is 0 Å². The summed E-state index contributed by atoms with van der Waals surface area (Å²) in [5.74, 6) is 0. The monoisotopic (exact) mass is 377 g/mol. The Kier molecular flexibility index (Phi) is 4.91. The van der Waals surface area contributed by atoms with Crippen LogP contribution in [0.1, 0.15) is 36.0 Å². The largest absolute Gasteiger partial charge is 0.286 e. The third-order valence-electron chi connectivity index (χ3n) is 6.38. The van der Waals surface area contributed by atoms with E-state index in [4.69, 9.17) is 0 Å². The minimum Gasteiger partial charge on any atom is -0.286 e. The summed E-state index contributed by atoms with van der Waals surface area (Å²) in [6.45, 7) is 2.24. The molecular formula is C28H27N. The van der Waals surface area contributed by atoms with Gasteiger partial charge in [0.2, 0.25) is 0 Å². The molecule has 1 aliphatic heterocycles.